The van der Waals surface area contributed by atoms with Gasteiger partial charge in [0.05, 0.1) is 16.0 Å². The van der Waals surface area contributed by atoms with E-state index in [9.17, 15) is 4.79 Å². The van der Waals surface area contributed by atoms with Crippen molar-refractivity contribution in [1.29, 1.82) is 5.41 Å². The molecular weight excluding hydrogens is 396 g/mol. The van der Waals surface area contributed by atoms with Crippen molar-refractivity contribution in [2.75, 3.05) is 6.61 Å². The Morgan fingerprint density at radius 2 is 2.21 bits per heavy atom. The average molecular weight is 406 g/mol. The molecule has 2 N–H and O–H groups in total. The van der Waals surface area contributed by atoms with Gasteiger partial charge in [-0.15, -0.1) is 0 Å². The summed E-state index contributed by atoms with van der Waals surface area (Å²) in [6.45, 7) is 2.43. The van der Waals surface area contributed by atoms with E-state index >= 15 is 0 Å². The largest absolute Gasteiger partial charge is 0.492 e. The topological polar surface area (TPSA) is 62.2 Å². The van der Waals surface area contributed by atoms with Gasteiger partial charge in [-0.05, 0) is 52.8 Å². The van der Waals surface area contributed by atoms with E-state index in [1.54, 1.807) is 6.08 Å². The maximum Gasteiger partial charge on any atom is 0.264 e. The van der Waals surface area contributed by atoms with Crippen LogP contribution in [0.2, 0.25) is 0 Å². The molecule has 1 aliphatic heterocycles. The number of amides is 1. The average Bonchev–Trinajstić information content (AvgIpc) is 2.62. The number of thioether (sulfide) groups is 1. The molecule has 1 aromatic carbocycles. The van der Waals surface area contributed by atoms with Gasteiger partial charge < -0.3 is 10.1 Å². The van der Waals surface area contributed by atoms with Gasteiger partial charge in [-0.25, -0.2) is 0 Å². The van der Waals surface area contributed by atoms with Crippen LogP contribution in [0.5, 0.6) is 5.75 Å². The number of rotatable bonds is 3. The van der Waals surface area contributed by atoms with E-state index in [0.717, 1.165) is 26.3 Å². The summed E-state index contributed by atoms with van der Waals surface area (Å²) in [7, 11) is 0. The van der Waals surface area contributed by atoms with E-state index in [4.69, 9.17) is 10.1 Å². The first-order valence-corrected chi connectivity index (χ1v) is 7.82. The highest BCUT2D eigenvalue weighted by Crippen LogP contribution is 2.36. The molecular formula is C12H10Br2N2O2S. The van der Waals surface area contributed by atoms with E-state index in [1.165, 1.54) is 0 Å². The van der Waals surface area contributed by atoms with Crippen LogP contribution in [-0.4, -0.2) is 17.7 Å². The summed E-state index contributed by atoms with van der Waals surface area (Å²) >= 11 is 7.96. The normalized spacial score (nSPS) is 16.9. The molecule has 0 saturated carbocycles. The third-order valence-electron chi connectivity index (χ3n) is 2.28. The van der Waals surface area contributed by atoms with Crippen LogP contribution in [0.15, 0.2) is 26.0 Å². The molecule has 1 amide bonds. The Labute approximate surface area is 131 Å². The minimum absolute atomic E-state index is 0.142. The summed E-state index contributed by atoms with van der Waals surface area (Å²) in [4.78, 5) is 12.1. The predicted molar refractivity (Wildman–Crippen MR) is 84.4 cm³/mol. The Kier molecular flexibility index (Phi) is 4.70. The highest BCUT2D eigenvalue weighted by Gasteiger charge is 2.23. The number of carbonyl (C=O) groups excluding carboxylic acids is 1. The molecule has 0 aliphatic carbocycles. The fourth-order valence-electron chi connectivity index (χ4n) is 1.57. The minimum Gasteiger partial charge on any atom is -0.492 e. The van der Waals surface area contributed by atoms with E-state index in [2.05, 4.69) is 37.2 Å². The third kappa shape index (κ3) is 3.40. The van der Waals surface area contributed by atoms with Crippen LogP contribution >= 0.6 is 43.6 Å². The van der Waals surface area contributed by atoms with Gasteiger partial charge in [-0.3, -0.25) is 10.2 Å². The maximum atomic E-state index is 11.6. The second-order valence-electron chi connectivity index (χ2n) is 3.63. The van der Waals surface area contributed by atoms with E-state index in [0.29, 0.717) is 17.3 Å². The molecule has 2 rings (SSSR count). The first-order valence-electron chi connectivity index (χ1n) is 5.42. The summed E-state index contributed by atoms with van der Waals surface area (Å²) in [6.07, 6.45) is 1.72. The highest BCUT2D eigenvalue weighted by molar-refractivity contribution is 9.11. The van der Waals surface area contributed by atoms with Crippen molar-refractivity contribution in [2.45, 2.75) is 6.92 Å². The number of hydrogen-bond donors (Lipinski definition) is 2. The molecule has 100 valence electrons. The maximum absolute atomic E-state index is 11.6. The smallest absolute Gasteiger partial charge is 0.264 e. The van der Waals surface area contributed by atoms with Gasteiger partial charge >= 0.3 is 0 Å². The first kappa shape index (κ1) is 14.6. The second kappa shape index (κ2) is 6.11. The molecule has 0 aromatic heterocycles. The molecule has 0 unspecified atom stereocenters. The Hall–Kier alpha value is -0.790. The standard InChI is InChI=1S/C12H10Br2N2O2S/c1-2-18-10-6(3-7(13)5-8(10)14)4-9-11(17)16-12(15)19-9/h3-5H,2H2,1H3,(H2,15,16,17). The lowest BCUT2D eigenvalue weighted by Crippen LogP contribution is -2.18. The van der Waals surface area contributed by atoms with Crippen LogP contribution in [0, 0.1) is 5.41 Å². The van der Waals surface area contributed by atoms with E-state index in [-0.39, 0.29) is 11.1 Å². The molecule has 0 atom stereocenters. The Morgan fingerprint density at radius 1 is 1.47 bits per heavy atom. The fraction of sp³-hybridized carbons (Fsp3) is 0.167. The minimum atomic E-state index is -0.256. The molecule has 1 aliphatic rings. The summed E-state index contributed by atoms with van der Waals surface area (Å²) in [6, 6.07) is 3.76. The van der Waals surface area contributed by atoms with Crippen molar-refractivity contribution >= 4 is 60.8 Å². The number of hydrogen-bond acceptors (Lipinski definition) is 4. The summed E-state index contributed by atoms with van der Waals surface area (Å²) in [5.41, 5.74) is 0.787. The van der Waals surface area contributed by atoms with E-state index in [1.807, 2.05) is 19.1 Å². The number of carbonyl (C=O) groups is 1. The molecule has 1 aromatic rings. The van der Waals surface area contributed by atoms with Gasteiger partial charge in [0.15, 0.2) is 5.17 Å². The molecule has 1 fully saturated rings. The van der Waals surface area contributed by atoms with Crippen LogP contribution in [0.3, 0.4) is 0 Å². The molecule has 7 heteroatoms. The molecule has 0 radical (unpaired) electrons. The van der Waals surface area contributed by atoms with Crippen molar-refractivity contribution in [3.8, 4) is 5.75 Å². The highest BCUT2D eigenvalue weighted by atomic mass is 79.9. The number of halogens is 2. The van der Waals surface area contributed by atoms with Gasteiger partial charge in [0.2, 0.25) is 0 Å². The Bertz CT molecular complexity index is 587. The monoisotopic (exact) mass is 404 g/mol. The number of benzene rings is 1. The molecule has 1 saturated heterocycles. The molecule has 0 spiro atoms. The van der Waals surface area contributed by atoms with Gasteiger partial charge in [0.1, 0.15) is 5.75 Å². The second-order valence-corrected chi connectivity index (χ2v) is 6.46. The van der Waals surface area contributed by atoms with E-state index < -0.39 is 0 Å². The predicted octanol–water partition coefficient (Wildman–Crippen LogP) is 3.75. The number of nitrogens with one attached hydrogen (secondary N) is 2. The summed E-state index contributed by atoms with van der Waals surface area (Å²) in [5, 5.41) is 10.0. The van der Waals surface area contributed by atoms with Crippen molar-refractivity contribution in [2.24, 2.45) is 0 Å². The van der Waals surface area contributed by atoms with Crippen LogP contribution < -0.4 is 10.1 Å². The lowest BCUT2D eigenvalue weighted by atomic mass is 10.2. The lowest BCUT2D eigenvalue weighted by Gasteiger charge is -2.10. The zero-order valence-corrected chi connectivity index (χ0v) is 13.9. The van der Waals surface area contributed by atoms with Crippen LogP contribution in [0.4, 0.5) is 0 Å². The SMILES string of the molecule is CCOc1c(Br)cc(Br)cc1C=C1SC(=N)NC1=O. The number of amidine groups is 1. The summed E-state index contributed by atoms with van der Waals surface area (Å²) in [5.74, 6) is 0.429. The van der Waals surface area contributed by atoms with Gasteiger partial charge in [-0.2, -0.15) is 0 Å². The zero-order valence-electron chi connectivity index (χ0n) is 9.92. The molecule has 0 bridgehead atoms. The van der Waals surface area contributed by atoms with Gasteiger partial charge in [0, 0.05) is 10.0 Å². The Balaban J connectivity index is 2.46. The number of ether oxygens (including phenoxy) is 1. The molecule has 19 heavy (non-hydrogen) atoms. The first-order chi connectivity index (χ1) is 9.01. The van der Waals surface area contributed by atoms with Crippen molar-refractivity contribution in [1.82, 2.24) is 5.32 Å². The molecule has 4 nitrogen and oxygen atoms in total. The molecule has 1 heterocycles. The van der Waals surface area contributed by atoms with Crippen molar-refractivity contribution < 1.29 is 9.53 Å². The third-order valence-corrected chi connectivity index (χ3v) is 4.15. The zero-order chi connectivity index (χ0) is 14.0. The lowest BCUT2D eigenvalue weighted by molar-refractivity contribution is -0.115. The van der Waals surface area contributed by atoms with Gasteiger partial charge in [0.25, 0.3) is 5.91 Å². The van der Waals surface area contributed by atoms with Crippen LogP contribution in [-0.2, 0) is 4.79 Å². The quantitative estimate of drug-likeness (QED) is 0.752. The van der Waals surface area contributed by atoms with Crippen LogP contribution in [0.1, 0.15) is 12.5 Å². The Morgan fingerprint density at radius 3 is 2.79 bits per heavy atom. The fourth-order valence-corrected chi connectivity index (χ4v) is 3.63. The van der Waals surface area contributed by atoms with Crippen molar-refractivity contribution in [3.05, 3.63) is 31.5 Å². The van der Waals surface area contributed by atoms with Gasteiger partial charge in [-0.1, -0.05) is 15.9 Å². The van der Waals surface area contributed by atoms with Crippen LogP contribution in [0.25, 0.3) is 6.08 Å². The van der Waals surface area contributed by atoms with Crippen molar-refractivity contribution in [3.63, 3.8) is 0 Å². The summed E-state index contributed by atoms with van der Waals surface area (Å²) < 4.78 is 7.28.